The molecule has 11 nitrogen and oxygen atoms in total. The van der Waals surface area contributed by atoms with Gasteiger partial charge in [0.25, 0.3) is 15.7 Å². The molecule has 0 aliphatic carbocycles. The van der Waals surface area contributed by atoms with Crippen LogP contribution in [-0.2, 0) is 26.2 Å². The fourth-order valence-corrected chi connectivity index (χ4v) is 6.53. The quantitative estimate of drug-likeness (QED) is 0.179. The van der Waals surface area contributed by atoms with Gasteiger partial charge in [0.1, 0.15) is 18.3 Å². The monoisotopic (exact) mass is 678 g/mol. The van der Waals surface area contributed by atoms with E-state index < -0.39 is 50.6 Å². The van der Waals surface area contributed by atoms with Crippen molar-refractivity contribution in [2.75, 3.05) is 18.0 Å². The van der Waals surface area contributed by atoms with E-state index in [1.165, 1.54) is 55.3 Å². The number of carbonyl (C=O) groups excluding carboxylic acids is 2. The zero-order valence-electron chi connectivity index (χ0n) is 25.8. The summed E-state index contributed by atoms with van der Waals surface area (Å²) in [7, 11) is -3.11. The van der Waals surface area contributed by atoms with Crippen LogP contribution in [0, 0.1) is 17.0 Å². The van der Waals surface area contributed by atoms with Crippen LogP contribution in [0.15, 0.2) is 65.6 Å². The van der Waals surface area contributed by atoms with E-state index in [1.807, 2.05) is 0 Å². The Morgan fingerprint density at radius 1 is 1.04 bits per heavy atom. The van der Waals surface area contributed by atoms with Crippen LogP contribution >= 0.6 is 23.2 Å². The number of carbonyl (C=O) groups is 2. The van der Waals surface area contributed by atoms with Gasteiger partial charge in [0.15, 0.2) is 0 Å². The Morgan fingerprint density at radius 2 is 1.64 bits per heavy atom. The number of benzene rings is 3. The maximum Gasteiger partial charge on any atom is 0.273 e. The summed E-state index contributed by atoms with van der Waals surface area (Å²) in [6.45, 7) is 7.67. The molecule has 2 amide bonds. The minimum absolute atomic E-state index is 0.0929. The molecule has 3 rings (SSSR count). The summed E-state index contributed by atoms with van der Waals surface area (Å²) in [6, 6.07) is 13.3. The number of amides is 2. The number of hydrogen-bond acceptors (Lipinski definition) is 7. The molecule has 14 heteroatoms. The van der Waals surface area contributed by atoms with E-state index in [0.717, 1.165) is 10.4 Å². The Bertz CT molecular complexity index is 1660. The molecule has 1 atom stereocenters. The summed E-state index contributed by atoms with van der Waals surface area (Å²) in [4.78, 5) is 39.6. The van der Waals surface area contributed by atoms with Crippen LogP contribution in [0.3, 0.4) is 0 Å². The summed E-state index contributed by atoms with van der Waals surface area (Å²) in [5, 5.41) is 15.1. The average Bonchev–Trinajstić information content (AvgIpc) is 2.96. The molecule has 0 unspecified atom stereocenters. The third-order valence-corrected chi connectivity index (χ3v) is 9.36. The number of nitro groups is 1. The standard InChI is InChI=1S/C31H36Cl2N4O7S/c1-7-27(30(39)34-31(3,4)5)35(18-24-25(32)9-8-10-26(24)33)29(38)19-36(21-12-14-22(44-6)15-13-21)45(42,43)23-16-11-20(2)28(17-23)37(40)41/h8-17,27H,7,18-19H2,1-6H3,(H,34,39)/t27-/m1/s1. The number of anilines is 1. The fraction of sp³-hybridized carbons (Fsp3) is 0.355. The van der Waals surface area contributed by atoms with E-state index >= 15 is 0 Å². The number of rotatable bonds is 12. The second kappa shape index (κ2) is 14.5. The Labute approximate surface area is 273 Å². The van der Waals surface area contributed by atoms with Gasteiger partial charge in [-0.25, -0.2) is 8.42 Å². The molecule has 0 fully saturated rings. The molecular weight excluding hydrogens is 643 g/mol. The molecule has 0 spiro atoms. The lowest BCUT2D eigenvalue weighted by Crippen LogP contribution is -2.55. The van der Waals surface area contributed by atoms with Gasteiger partial charge < -0.3 is 15.0 Å². The molecule has 0 heterocycles. The molecular formula is C31H36Cl2N4O7S. The van der Waals surface area contributed by atoms with E-state index in [2.05, 4.69) is 5.32 Å². The van der Waals surface area contributed by atoms with E-state index in [9.17, 15) is 28.1 Å². The Morgan fingerprint density at radius 3 is 2.16 bits per heavy atom. The van der Waals surface area contributed by atoms with Gasteiger partial charge in [0.05, 0.1) is 22.6 Å². The third kappa shape index (κ3) is 8.65. The predicted octanol–water partition coefficient (Wildman–Crippen LogP) is 6.14. The number of nitrogens with one attached hydrogen (secondary N) is 1. The summed E-state index contributed by atoms with van der Waals surface area (Å²) < 4.78 is 34.3. The van der Waals surface area contributed by atoms with E-state index in [-0.39, 0.29) is 39.2 Å². The lowest BCUT2D eigenvalue weighted by molar-refractivity contribution is -0.385. The zero-order chi connectivity index (χ0) is 33.7. The predicted molar refractivity (Wildman–Crippen MR) is 174 cm³/mol. The van der Waals surface area contributed by atoms with Crippen molar-refractivity contribution < 1.29 is 27.7 Å². The first-order valence-electron chi connectivity index (χ1n) is 14.0. The summed E-state index contributed by atoms with van der Waals surface area (Å²) in [5.41, 5.74) is -0.277. The van der Waals surface area contributed by atoms with Gasteiger partial charge in [-0.1, -0.05) is 42.3 Å². The maximum absolute atomic E-state index is 14.3. The van der Waals surface area contributed by atoms with Crippen molar-refractivity contribution in [2.45, 2.75) is 64.1 Å². The maximum atomic E-state index is 14.3. The Kier molecular flexibility index (Phi) is 11.5. The van der Waals surface area contributed by atoms with Crippen LogP contribution in [0.4, 0.5) is 11.4 Å². The van der Waals surface area contributed by atoms with Gasteiger partial charge in [0.2, 0.25) is 11.8 Å². The van der Waals surface area contributed by atoms with Gasteiger partial charge in [-0.3, -0.25) is 24.0 Å². The zero-order valence-corrected chi connectivity index (χ0v) is 28.2. The molecule has 3 aromatic carbocycles. The molecule has 45 heavy (non-hydrogen) atoms. The summed E-state index contributed by atoms with van der Waals surface area (Å²) in [5.74, 6) is -0.745. The van der Waals surface area contributed by atoms with Crippen LogP contribution in [0.1, 0.15) is 45.2 Å². The minimum Gasteiger partial charge on any atom is -0.497 e. The van der Waals surface area contributed by atoms with Gasteiger partial charge in [0, 0.05) is 39.3 Å². The van der Waals surface area contributed by atoms with Crippen LogP contribution in [0.5, 0.6) is 5.75 Å². The largest absolute Gasteiger partial charge is 0.497 e. The lowest BCUT2D eigenvalue weighted by atomic mass is 10.1. The number of sulfonamides is 1. The SMILES string of the molecule is CC[C@H](C(=O)NC(C)(C)C)N(Cc1c(Cl)cccc1Cl)C(=O)CN(c1ccc(OC)cc1)S(=O)(=O)c1ccc(C)c([N+](=O)[O-])c1. The van der Waals surface area contributed by atoms with Crippen LogP contribution < -0.4 is 14.4 Å². The highest BCUT2D eigenvalue weighted by Gasteiger charge is 2.35. The molecule has 0 aromatic heterocycles. The van der Waals surface area contributed by atoms with Crippen molar-refractivity contribution in [3.05, 3.63) is 92.0 Å². The first kappa shape index (κ1) is 35.6. The van der Waals surface area contributed by atoms with Gasteiger partial charge >= 0.3 is 0 Å². The Balaban J connectivity index is 2.17. The summed E-state index contributed by atoms with van der Waals surface area (Å²) >= 11 is 12.9. The van der Waals surface area contributed by atoms with E-state index in [4.69, 9.17) is 27.9 Å². The molecule has 0 aliphatic rings. The highest BCUT2D eigenvalue weighted by atomic mass is 35.5. The number of ether oxygens (including phenoxy) is 1. The van der Waals surface area contributed by atoms with Crippen molar-refractivity contribution in [1.29, 1.82) is 0 Å². The molecule has 0 saturated carbocycles. The van der Waals surface area contributed by atoms with Crippen molar-refractivity contribution in [2.24, 2.45) is 0 Å². The van der Waals surface area contributed by atoms with Crippen LogP contribution in [0.25, 0.3) is 0 Å². The smallest absolute Gasteiger partial charge is 0.273 e. The van der Waals surface area contributed by atoms with Gasteiger partial charge in [-0.05, 0) is 76.6 Å². The van der Waals surface area contributed by atoms with Gasteiger partial charge in [-0.15, -0.1) is 0 Å². The van der Waals surface area contributed by atoms with Crippen LogP contribution in [-0.4, -0.2) is 55.3 Å². The molecule has 0 aliphatic heterocycles. The first-order valence-corrected chi connectivity index (χ1v) is 16.2. The van der Waals surface area contributed by atoms with Crippen molar-refractivity contribution >= 4 is 56.4 Å². The van der Waals surface area contributed by atoms with E-state index in [1.54, 1.807) is 45.9 Å². The molecule has 0 saturated heterocycles. The number of methoxy groups -OCH3 is 1. The second-order valence-electron chi connectivity index (χ2n) is 11.3. The topological polar surface area (TPSA) is 139 Å². The van der Waals surface area contributed by atoms with Crippen LogP contribution in [0.2, 0.25) is 10.0 Å². The number of hydrogen-bond donors (Lipinski definition) is 1. The molecule has 0 bridgehead atoms. The van der Waals surface area contributed by atoms with Crippen molar-refractivity contribution in [3.8, 4) is 5.75 Å². The number of aryl methyl sites for hydroxylation is 1. The molecule has 3 aromatic rings. The Hall–Kier alpha value is -3.87. The molecule has 1 N–H and O–H groups in total. The second-order valence-corrected chi connectivity index (χ2v) is 14.0. The average molecular weight is 680 g/mol. The van der Waals surface area contributed by atoms with Gasteiger partial charge in [-0.2, -0.15) is 0 Å². The molecule has 0 radical (unpaired) electrons. The highest BCUT2D eigenvalue weighted by Crippen LogP contribution is 2.31. The normalized spacial score (nSPS) is 12.3. The number of halogens is 2. The van der Waals surface area contributed by atoms with Crippen molar-refractivity contribution in [1.82, 2.24) is 10.2 Å². The lowest BCUT2D eigenvalue weighted by Gasteiger charge is -2.35. The first-order chi connectivity index (χ1) is 21.0. The fourth-order valence-electron chi connectivity index (χ4n) is 4.58. The van der Waals surface area contributed by atoms with E-state index in [0.29, 0.717) is 11.3 Å². The minimum atomic E-state index is -4.56. The molecule has 242 valence electrons. The number of nitro benzene ring substituents is 1. The third-order valence-electron chi connectivity index (χ3n) is 6.88. The highest BCUT2D eigenvalue weighted by molar-refractivity contribution is 7.92. The van der Waals surface area contributed by atoms with Crippen molar-refractivity contribution in [3.63, 3.8) is 0 Å². The summed E-state index contributed by atoms with van der Waals surface area (Å²) in [6.07, 6.45) is 0.190. The number of nitrogens with zero attached hydrogens (tertiary/aromatic N) is 3.